The van der Waals surface area contributed by atoms with E-state index in [1.807, 2.05) is 18.6 Å². The van der Waals surface area contributed by atoms with E-state index in [-0.39, 0.29) is 0 Å². The Balaban J connectivity index is 1.09. The number of pyridine rings is 3. The normalized spacial score (nSPS) is 20.9. The lowest BCUT2D eigenvalue weighted by Crippen LogP contribution is -2.44. The van der Waals surface area contributed by atoms with Gasteiger partial charge in [-0.15, -0.1) is 0 Å². The molecular weight excluding hydrogens is 432 g/mol. The number of piperazine rings is 1. The Morgan fingerprint density at radius 2 is 1.80 bits per heavy atom. The molecule has 6 heteroatoms. The van der Waals surface area contributed by atoms with Gasteiger partial charge < -0.3 is 15.1 Å². The number of piperidine rings is 1. The molecule has 2 fully saturated rings. The maximum Gasteiger partial charge on any atom is 0.128 e. The summed E-state index contributed by atoms with van der Waals surface area (Å²) in [4.78, 5) is 19.4. The van der Waals surface area contributed by atoms with Crippen LogP contribution in [0.25, 0.3) is 22.4 Å². The van der Waals surface area contributed by atoms with Crippen molar-refractivity contribution in [3.05, 3.63) is 60.2 Å². The first-order valence-electron chi connectivity index (χ1n) is 13.3. The monoisotopic (exact) mass is 468 g/mol. The van der Waals surface area contributed by atoms with Crippen LogP contribution in [0.4, 0.5) is 5.82 Å². The molecule has 182 valence electrons. The van der Waals surface area contributed by atoms with Gasteiger partial charge in [0.05, 0.1) is 11.4 Å². The summed E-state index contributed by atoms with van der Waals surface area (Å²) in [6, 6.07) is 10.9. The number of nitrogens with one attached hydrogen (secondary N) is 1. The van der Waals surface area contributed by atoms with Crippen LogP contribution in [0.3, 0.4) is 0 Å². The van der Waals surface area contributed by atoms with Crippen LogP contribution in [-0.4, -0.2) is 65.7 Å². The molecule has 5 heterocycles. The number of anilines is 1. The molecule has 0 saturated carbocycles. The maximum absolute atomic E-state index is 5.09. The number of hydrogen-bond donors (Lipinski definition) is 1. The molecule has 1 unspecified atom stereocenters. The van der Waals surface area contributed by atoms with Crippen LogP contribution in [-0.2, 0) is 6.42 Å². The molecule has 0 aromatic carbocycles. The highest BCUT2D eigenvalue weighted by Gasteiger charge is 2.24. The Morgan fingerprint density at radius 1 is 0.943 bits per heavy atom. The van der Waals surface area contributed by atoms with Crippen LogP contribution in [0.5, 0.6) is 0 Å². The standard InChI is InChI=1S/C29H36N6/c1-21-18-23-6-10-31-20-26(23)25-3-4-27(33-29(21)25)24-2-5-28(32-19-24)35-14-8-22(9-15-35)7-13-34-16-11-30-12-17-34/h2-6,10,19-22,30H,7-9,11-18H2,1H3. The van der Waals surface area contributed by atoms with Crippen LogP contribution in [0.2, 0.25) is 0 Å². The molecule has 3 aromatic heterocycles. The minimum absolute atomic E-state index is 0.403. The fourth-order valence-electron chi connectivity index (χ4n) is 5.98. The molecule has 3 aromatic rings. The third-order valence-corrected chi connectivity index (χ3v) is 8.16. The summed E-state index contributed by atoms with van der Waals surface area (Å²) in [5, 5.41) is 3.45. The molecular formula is C29H36N6. The second kappa shape index (κ2) is 10.0. The number of rotatable bonds is 5. The van der Waals surface area contributed by atoms with E-state index in [4.69, 9.17) is 9.97 Å². The van der Waals surface area contributed by atoms with E-state index >= 15 is 0 Å². The van der Waals surface area contributed by atoms with Crippen LogP contribution in [0.15, 0.2) is 48.9 Å². The topological polar surface area (TPSA) is 57.2 Å². The zero-order valence-corrected chi connectivity index (χ0v) is 20.8. The van der Waals surface area contributed by atoms with Gasteiger partial charge in [-0.3, -0.25) is 9.97 Å². The fraction of sp³-hybridized carbons (Fsp3) is 0.483. The minimum atomic E-state index is 0.403. The molecule has 6 nitrogen and oxygen atoms in total. The summed E-state index contributed by atoms with van der Waals surface area (Å²) < 4.78 is 0. The molecule has 6 rings (SSSR count). The van der Waals surface area contributed by atoms with Crippen molar-refractivity contribution >= 4 is 5.82 Å². The van der Waals surface area contributed by atoms with Crippen molar-refractivity contribution in [2.45, 2.75) is 38.5 Å². The molecule has 3 aliphatic rings. The summed E-state index contributed by atoms with van der Waals surface area (Å²) >= 11 is 0. The largest absolute Gasteiger partial charge is 0.357 e. The quantitative estimate of drug-likeness (QED) is 0.600. The predicted octanol–water partition coefficient (Wildman–Crippen LogP) is 4.38. The maximum atomic E-state index is 5.09. The molecule has 1 atom stereocenters. The summed E-state index contributed by atoms with van der Waals surface area (Å²) in [6.45, 7) is 10.5. The van der Waals surface area contributed by atoms with Crippen molar-refractivity contribution in [3.63, 3.8) is 0 Å². The Kier molecular flexibility index (Phi) is 6.49. The number of nitrogens with zero attached hydrogens (tertiary/aromatic N) is 5. The summed E-state index contributed by atoms with van der Waals surface area (Å²) in [7, 11) is 0. The fourth-order valence-corrected chi connectivity index (χ4v) is 5.98. The highest BCUT2D eigenvalue weighted by atomic mass is 15.2. The third kappa shape index (κ3) is 4.82. The van der Waals surface area contributed by atoms with Crippen molar-refractivity contribution in [3.8, 4) is 22.4 Å². The average Bonchev–Trinajstić information content (AvgIpc) is 2.93. The van der Waals surface area contributed by atoms with Gasteiger partial charge in [0.15, 0.2) is 0 Å². The van der Waals surface area contributed by atoms with Gasteiger partial charge in [-0.2, -0.15) is 0 Å². The van der Waals surface area contributed by atoms with E-state index in [0.717, 1.165) is 55.6 Å². The van der Waals surface area contributed by atoms with Crippen LogP contribution in [0, 0.1) is 5.92 Å². The zero-order chi connectivity index (χ0) is 23.6. The number of fused-ring (bicyclic) bond motifs is 3. The summed E-state index contributed by atoms with van der Waals surface area (Å²) in [6.07, 6.45) is 10.8. The number of hydrogen-bond acceptors (Lipinski definition) is 6. The van der Waals surface area contributed by atoms with E-state index in [0.29, 0.717) is 5.92 Å². The van der Waals surface area contributed by atoms with E-state index in [2.05, 4.69) is 57.4 Å². The molecule has 1 N–H and O–H groups in total. The highest BCUT2D eigenvalue weighted by Crippen LogP contribution is 2.39. The van der Waals surface area contributed by atoms with Crippen LogP contribution >= 0.6 is 0 Å². The molecule has 0 amide bonds. The SMILES string of the molecule is CC1Cc2ccncc2-c2ccc(-c3ccc(N4CCC(CCN5CCNCC5)CC4)nc3)nc21. The highest BCUT2D eigenvalue weighted by molar-refractivity contribution is 5.74. The lowest BCUT2D eigenvalue weighted by Gasteiger charge is -2.34. The van der Waals surface area contributed by atoms with Crippen LogP contribution < -0.4 is 10.2 Å². The molecule has 1 aliphatic carbocycles. The summed E-state index contributed by atoms with van der Waals surface area (Å²) in [5.74, 6) is 2.35. The van der Waals surface area contributed by atoms with Gasteiger partial charge in [0.2, 0.25) is 0 Å². The van der Waals surface area contributed by atoms with E-state index in [9.17, 15) is 0 Å². The molecule has 2 saturated heterocycles. The molecule has 0 radical (unpaired) electrons. The van der Waals surface area contributed by atoms with Crippen molar-refractivity contribution in [1.29, 1.82) is 0 Å². The second-order valence-electron chi connectivity index (χ2n) is 10.5. The number of aromatic nitrogens is 3. The van der Waals surface area contributed by atoms with Crippen LogP contribution in [0.1, 0.15) is 43.4 Å². The van der Waals surface area contributed by atoms with Gasteiger partial charge in [-0.25, -0.2) is 4.98 Å². The van der Waals surface area contributed by atoms with Gasteiger partial charge in [-0.05, 0) is 68.0 Å². The Morgan fingerprint density at radius 3 is 2.60 bits per heavy atom. The van der Waals surface area contributed by atoms with Gasteiger partial charge in [-0.1, -0.05) is 13.0 Å². The Hall–Kier alpha value is -2.83. The van der Waals surface area contributed by atoms with Gasteiger partial charge in [0.25, 0.3) is 0 Å². The second-order valence-corrected chi connectivity index (χ2v) is 10.5. The Bertz CT molecular complexity index is 1150. The zero-order valence-electron chi connectivity index (χ0n) is 20.8. The first kappa shape index (κ1) is 22.6. The van der Waals surface area contributed by atoms with Crippen molar-refractivity contribution < 1.29 is 0 Å². The molecule has 35 heavy (non-hydrogen) atoms. The lowest BCUT2D eigenvalue weighted by molar-refractivity contribution is 0.215. The van der Waals surface area contributed by atoms with Gasteiger partial charge in [0, 0.05) is 80.5 Å². The van der Waals surface area contributed by atoms with Gasteiger partial charge >= 0.3 is 0 Å². The average molecular weight is 469 g/mol. The van der Waals surface area contributed by atoms with Crippen molar-refractivity contribution in [2.24, 2.45) is 5.92 Å². The third-order valence-electron chi connectivity index (χ3n) is 8.16. The van der Waals surface area contributed by atoms with Gasteiger partial charge in [0.1, 0.15) is 5.82 Å². The van der Waals surface area contributed by atoms with E-state index < -0.39 is 0 Å². The first-order valence-corrected chi connectivity index (χ1v) is 13.3. The molecule has 0 bridgehead atoms. The molecule has 2 aliphatic heterocycles. The lowest BCUT2D eigenvalue weighted by atomic mass is 9.83. The predicted molar refractivity (Wildman–Crippen MR) is 142 cm³/mol. The van der Waals surface area contributed by atoms with Crippen molar-refractivity contribution in [2.75, 3.05) is 50.7 Å². The molecule has 0 spiro atoms. The first-order chi connectivity index (χ1) is 17.2. The Labute approximate surface area is 208 Å². The minimum Gasteiger partial charge on any atom is -0.357 e. The smallest absolute Gasteiger partial charge is 0.128 e. The van der Waals surface area contributed by atoms with E-state index in [1.54, 1.807) is 0 Å². The van der Waals surface area contributed by atoms with Crippen molar-refractivity contribution in [1.82, 2.24) is 25.2 Å². The summed E-state index contributed by atoms with van der Waals surface area (Å²) in [5.41, 5.74) is 7.09. The van der Waals surface area contributed by atoms with E-state index in [1.165, 1.54) is 61.3 Å².